The molecule has 0 amide bonds. The van der Waals surface area contributed by atoms with Crippen molar-refractivity contribution in [3.05, 3.63) is 24.2 Å². The molecular weight excluding hydrogens is 212 g/mol. The molecule has 1 aliphatic rings. The Kier molecular flexibility index (Phi) is 4.24. The van der Waals surface area contributed by atoms with Crippen LogP contribution < -0.4 is 5.73 Å². The van der Waals surface area contributed by atoms with Crippen LogP contribution in [0.2, 0.25) is 0 Å². The summed E-state index contributed by atoms with van der Waals surface area (Å²) in [6.45, 7) is 5.33. The molecule has 0 spiro atoms. The van der Waals surface area contributed by atoms with Crippen molar-refractivity contribution in [2.24, 2.45) is 5.73 Å². The summed E-state index contributed by atoms with van der Waals surface area (Å²) in [5, 5.41) is 0. The fourth-order valence-corrected chi connectivity index (χ4v) is 3.10. The smallest absolute Gasteiger partial charge is 0.122 e. The van der Waals surface area contributed by atoms with E-state index in [1.807, 2.05) is 12.1 Å². The second-order valence-electron chi connectivity index (χ2n) is 5.09. The first kappa shape index (κ1) is 12.7. The molecule has 2 N–H and O–H groups in total. The van der Waals surface area contributed by atoms with Crippen LogP contribution in [0.25, 0.3) is 0 Å². The second kappa shape index (κ2) is 5.69. The van der Waals surface area contributed by atoms with Crippen molar-refractivity contribution < 1.29 is 4.42 Å². The maximum atomic E-state index is 6.17. The zero-order valence-corrected chi connectivity index (χ0v) is 10.9. The SMILES string of the molecule is CCN(C1CCCC1)C(c1ccco1)C(C)N. The minimum absolute atomic E-state index is 0.0988. The van der Waals surface area contributed by atoms with E-state index in [-0.39, 0.29) is 12.1 Å². The van der Waals surface area contributed by atoms with E-state index in [1.54, 1.807) is 6.26 Å². The molecule has 3 nitrogen and oxygen atoms in total. The molecule has 2 rings (SSSR count). The molecule has 0 aliphatic heterocycles. The number of rotatable bonds is 5. The number of hydrogen-bond donors (Lipinski definition) is 1. The average Bonchev–Trinajstić information content (AvgIpc) is 2.97. The lowest BCUT2D eigenvalue weighted by Crippen LogP contribution is -2.44. The van der Waals surface area contributed by atoms with Gasteiger partial charge in [0.25, 0.3) is 0 Å². The molecule has 0 bridgehead atoms. The molecule has 0 radical (unpaired) electrons. The lowest BCUT2D eigenvalue weighted by atomic mass is 10.0. The first-order chi connectivity index (χ1) is 8.24. The number of likely N-dealkylation sites (N-methyl/N-ethyl adjacent to an activating group) is 1. The summed E-state index contributed by atoms with van der Waals surface area (Å²) < 4.78 is 5.58. The molecule has 1 fully saturated rings. The minimum Gasteiger partial charge on any atom is -0.468 e. The van der Waals surface area contributed by atoms with Gasteiger partial charge in [0.1, 0.15) is 5.76 Å². The van der Waals surface area contributed by atoms with Gasteiger partial charge in [0.15, 0.2) is 0 Å². The van der Waals surface area contributed by atoms with Gasteiger partial charge >= 0.3 is 0 Å². The van der Waals surface area contributed by atoms with E-state index in [0.29, 0.717) is 6.04 Å². The van der Waals surface area contributed by atoms with E-state index < -0.39 is 0 Å². The second-order valence-corrected chi connectivity index (χ2v) is 5.09. The van der Waals surface area contributed by atoms with Gasteiger partial charge in [0.05, 0.1) is 12.3 Å². The molecule has 1 saturated carbocycles. The lowest BCUT2D eigenvalue weighted by molar-refractivity contribution is 0.110. The minimum atomic E-state index is 0.0988. The maximum Gasteiger partial charge on any atom is 0.122 e. The summed E-state index contributed by atoms with van der Waals surface area (Å²) in [5.74, 6) is 1.01. The Balaban J connectivity index is 2.18. The number of nitrogens with two attached hydrogens (primary N) is 1. The topological polar surface area (TPSA) is 42.4 Å². The van der Waals surface area contributed by atoms with Crippen LogP contribution in [0.15, 0.2) is 22.8 Å². The molecular formula is C14H24N2O. The Morgan fingerprint density at radius 1 is 1.47 bits per heavy atom. The molecule has 3 heteroatoms. The highest BCUT2D eigenvalue weighted by molar-refractivity contribution is 5.08. The standard InChI is InChI=1S/C14H24N2O/c1-3-16(12-7-4-5-8-12)14(11(2)15)13-9-6-10-17-13/h6,9-12,14H,3-5,7-8,15H2,1-2H3. The molecule has 1 aromatic rings. The van der Waals surface area contributed by atoms with Gasteiger partial charge in [-0.3, -0.25) is 4.90 Å². The van der Waals surface area contributed by atoms with Crippen LogP contribution in [0, 0.1) is 0 Å². The van der Waals surface area contributed by atoms with Gasteiger partial charge < -0.3 is 10.2 Å². The molecule has 1 aliphatic carbocycles. The van der Waals surface area contributed by atoms with Crippen LogP contribution in [0.1, 0.15) is 51.3 Å². The fourth-order valence-electron chi connectivity index (χ4n) is 3.10. The zero-order chi connectivity index (χ0) is 12.3. The third-order valence-corrected chi connectivity index (χ3v) is 3.85. The van der Waals surface area contributed by atoms with Crippen molar-refractivity contribution in [2.45, 2.75) is 57.7 Å². The van der Waals surface area contributed by atoms with Gasteiger partial charge in [0, 0.05) is 12.1 Å². The van der Waals surface area contributed by atoms with Gasteiger partial charge in [-0.25, -0.2) is 0 Å². The summed E-state index contributed by atoms with van der Waals surface area (Å²) in [5.41, 5.74) is 6.17. The van der Waals surface area contributed by atoms with Gasteiger partial charge in [-0.1, -0.05) is 19.8 Å². The van der Waals surface area contributed by atoms with E-state index in [4.69, 9.17) is 10.2 Å². The van der Waals surface area contributed by atoms with Crippen LogP contribution in [0.4, 0.5) is 0 Å². The summed E-state index contributed by atoms with van der Waals surface area (Å²) in [4.78, 5) is 2.52. The highest BCUT2D eigenvalue weighted by Crippen LogP contribution is 2.32. The summed E-state index contributed by atoms with van der Waals surface area (Å²) in [6, 6.07) is 5.00. The molecule has 0 aromatic carbocycles. The van der Waals surface area contributed by atoms with E-state index in [1.165, 1.54) is 25.7 Å². The fraction of sp³-hybridized carbons (Fsp3) is 0.714. The van der Waals surface area contributed by atoms with Crippen LogP contribution in [0.3, 0.4) is 0 Å². The third kappa shape index (κ3) is 2.72. The first-order valence-electron chi connectivity index (χ1n) is 6.78. The third-order valence-electron chi connectivity index (χ3n) is 3.85. The van der Waals surface area contributed by atoms with Crippen molar-refractivity contribution >= 4 is 0 Å². The van der Waals surface area contributed by atoms with Crippen LogP contribution in [-0.4, -0.2) is 23.5 Å². The van der Waals surface area contributed by atoms with E-state index in [0.717, 1.165) is 12.3 Å². The van der Waals surface area contributed by atoms with E-state index in [9.17, 15) is 0 Å². The highest BCUT2D eigenvalue weighted by atomic mass is 16.3. The molecule has 17 heavy (non-hydrogen) atoms. The van der Waals surface area contributed by atoms with Gasteiger partial charge in [-0.05, 0) is 38.4 Å². The average molecular weight is 236 g/mol. The summed E-state index contributed by atoms with van der Waals surface area (Å²) in [7, 11) is 0. The van der Waals surface area contributed by atoms with Crippen molar-refractivity contribution in [2.75, 3.05) is 6.54 Å². The van der Waals surface area contributed by atoms with Gasteiger partial charge in [0.2, 0.25) is 0 Å². The predicted octanol–water partition coefficient (Wildman–Crippen LogP) is 2.93. The van der Waals surface area contributed by atoms with Crippen LogP contribution in [-0.2, 0) is 0 Å². The Bertz CT molecular complexity index is 315. The van der Waals surface area contributed by atoms with E-state index in [2.05, 4.69) is 18.7 Å². The quantitative estimate of drug-likeness (QED) is 0.854. The number of hydrogen-bond acceptors (Lipinski definition) is 3. The molecule has 2 atom stereocenters. The van der Waals surface area contributed by atoms with Gasteiger partial charge in [-0.2, -0.15) is 0 Å². The Labute approximate surface area is 104 Å². The first-order valence-corrected chi connectivity index (χ1v) is 6.78. The molecule has 96 valence electrons. The highest BCUT2D eigenvalue weighted by Gasteiger charge is 2.32. The van der Waals surface area contributed by atoms with Crippen molar-refractivity contribution in [1.29, 1.82) is 0 Å². The molecule has 1 heterocycles. The van der Waals surface area contributed by atoms with Crippen LogP contribution in [0.5, 0.6) is 0 Å². The predicted molar refractivity (Wildman–Crippen MR) is 69.7 cm³/mol. The monoisotopic (exact) mass is 236 g/mol. The van der Waals surface area contributed by atoms with Crippen molar-refractivity contribution in [1.82, 2.24) is 4.90 Å². The van der Waals surface area contributed by atoms with Crippen LogP contribution >= 0.6 is 0 Å². The maximum absolute atomic E-state index is 6.17. The summed E-state index contributed by atoms with van der Waals surface area (Å²) in [6.07, 6.45) is 7.05. The largest absolute Gasteiger partial charge is 0.468 e. The Morgan fingerprint density at radius 2 is 2.18 bits per heavy atom. The van der Waals surface area contributed by atoms with Crippen molar-refractivity contribution in [3.8, 4) is 0 Å². The van der Waals surface area contributed by atoms with Gasteiger partial charge in [-0.15, -0.1) is 0 Å². The zero-order valence-electron chi connectivity index (χ0n) is 10.9. The molecule has 2 unspecified atom stereocenters. The number of nitrogens with zero attached hydrogens (tertiary/aromatic N) is 1. The van der Waals surface area contributed by atoms with E-state index >= 15 is 0 Å². The molecule has 0 saturated heterocycles. The lowest BCUT2D eigenvalue weighted by Gasteiger charge is -2.36. The summed E-state index contributed by atoms with van der Waals surface area (Å²) >= 11 is 0. The normalized spacial score (nSPS) is 20.9. The molecule has 1 aromatic heterocycles. The Hall–Kier alpha value is -0.800. The number of furan rings is 1. The van der Waals surface area contributed by atoms with Crippen molar-refractivity contribution in [3.63, 3.8) is 0 Å². The Morgan fingerprint density at radius 3 is 2.65 bits per heavy atom.